The number of aryl methyl sites for hydroxylation is 1. The summed E-state index contributed by atoms with van der Waals surface area (Å²) in [5.41, 5.74) is 7.17. The van der Waals surface area contributed by atoms with Crippen molar-refractivity contribution in [3.8, 4) is 0 Å². The third-order valence-electron chi connectivity index (χ3n) is 2.12. The topological polar surface area (TPSA) is 76.7 Å². The average molecular weight is 263 g/mol. The predicted molar refractivity (Wildman–Crippen MR) is 77.1 cm³/mol. The molecule has 104 valence electrons. The van der Waals surface area contributed by atoms with Gasteiger partial charge in [0, 0.05) is 5.69 Å². The molecule has 0 radical (unpaired) electrons. The van der Waals surface area contributed by atoms with Crippen LogP contribution in [0.3, 0.4) is 0 Å². The first-order valence-corrected chi connectivity index (χ1v) is 6.12. The number of nitrogens with two attached hydrogens (primary N) is 1. The zero-order valence-corrected chi connectivity index (χ0v) is 11.9. The molecule has 19 heavy (non-hydrogen) atoms. The Kier molecular flexibility index (Phi) is 4.92. The Labute approximate surface area is 113 Å². The van der Waals surface area contributed by atoms with Crippen molar-refractivity contribution in [3.05, 3.63) is 29.8 Å². The summed E-state index contributed by atoms with van der Waals surface area (Å²) in [7, 11) is 0. The number of rotatable bonds is 3. The van der Waals surface area contributed by atoms with E-state index in [1.165, 1.54) is 0 Å². The van der Waals surface area contributed by atoms with Crippen LogP contribution < -0.4 is 11.1 Å². The highest BCUT2D eigenvalue weighted by Gasteiger charge is 2.15. The first-order valence-electron chi connectivity index (χ1n) is 6.12. The van der Waals surface area contributed by atoms with Gasteiger partial charge in [-0.1, -0.05) is 17.7 Å². The maximum absolute atomic E-state index is 11.4. The fraction of sp³-hybridized carbons (Fsp3) is 0.429. The molecule has 3 N–H and O–H groups in total. The first-order chi connectivity index (χ1) is 8.76. The number of anilines is 1. The van der Waals surface area contributed by atoms with E-state index >= 15 is 0 Å². The number of guanidine groups is 1. The van der Waals surface area contributed by atoms with E-state index in [1.807, 2.05) is 52.0 Å². The summed E-state index contributed by atoms with van der Waals surface area (Å²) in [6.07, 6.45) is 0. The molecular formula is C14H21N3O2. The summed E-state index contributed by atoms with van der Waals surface area (Å²) in [5, 5.41) is 2.91. The normalized spacial score (nSPS) is 12.1. The zero-order chi connectivity index (χ0) is 14.5. The standard InChI is InChI=1S/C14H21N3O2/c1-10-5-7-11(8-6-10)17-13(15)16-9-12(18)19-14(2,3)4/h5-8H,9H2,1-4H3,(H3,15,16,17). The lowest BCUT2D eigenvalue weighted by atomic mass is 10.2. The summed E-state index contributed by atoms with van der Waals surface area (Å²) in [6.45, 7) is 7.33. The van der Waals surface area contributed by atoms with Gasteiger partial charge in [0.15, 0.2) is 5.96 Å². The van der Waals surface area contributed by atoms with Crippen LogP contribution in [0, 0.1) is 6.92 Å². The van der Waals surface area contributed by atoms with Crippen LogP contribution >= 0.6 is 0 Å². The Morgan fingerprint density at radius 3 is 2.42 bits per heavy atom. The second-order valence-corrected chi connectivity index (χ2v) is 5.28. The number of carbonyl (C=O) groups excluding carboxylic acids is 1. The van der Waals surface area contributed by atoms with Crippen LogP contribution in [0.1, 0.15) is 26.3 Å². The van der Waals surface area contributed by atoms with Gasteiger partial charge in [0.2, 0.25) is 0 Å². The molecule has 0 aromatic heterocycles. The summed E-state index contributed by atoms with van der Waals surface area (Å²) >= 11 is 0. The third-order valence-corrected chi connectivity index (χ3v) is 2.12. The molecule has 0 saturated heterocycles. The van der Waals surface area contributed by atoms with Crippen molar-refractivity contribution in [2.24, 2.45) is 10.7 Å². The van der Waals surface area contributed by atoms with Gasteiger partial charge in [0.1, 0.15) is 12.1 Å². The van der Waals surface area contributed by atoms with Crippen molar-refractivity contribution >= 4 is 17.6 Å². The number of ether oxygens (including phenoxy) is 1. The van der Waals surface area contributed by atoms with E-state index in [1.54, 1.807) is 0 Å². The summed E-state index contributed by atoms with van der Waals surface area (Å²) < 4.78 is 5.12. The summed E-state index contributed by atoms with van der Waals surface area (Å²) in [5.74, 6) is -0.212. The van der Waals surface area contributed by atoms with Crippen molar-refractivity contribution in [1.82, 2.24) is 0 Å². The van der Waals surface area contributed by atoms with Crippen molar-refractivity contribution in [2.75, 3.05) is 11.9 Å². The number of nitrogens with zero attached hydrogens (tertiary/aromatic N) is 1. The smallest absolute Gasteiger partial charge is 0.328 e. The Balaban J connectivity index is 2.49. The number of nitrogens with one attached hydrogen (secondary N) is 1. The largest absolute Gasteiger partial charge is 0.459 e. The molecule has 0 aliphatic rings. The lowest BCUT2D eigenvalue weighted by Crippen LogP contribution is -2.28. The van der Waals surface area contributed by atoms with Crippen LogP contribution in [-0.4, -0.2) is 24.1 Å². The highest BCUT2D eigenvalue weighted by Crippen LogP contribution is 2.08. The minimum Gasteiger partial charge on any atom is -0.459 e. The molecule has 0 bridgehead atoms. The first kappa shape index (κ1) is 15.0. The van der Waals surface area contributed by atoms with E-state index in [9.17, 15) is 4.79 Å². The molecular weight excluding hydrogens is 242 g/mol. The zero-order valence-electron chi connectivity index (χ0n) is 11.9. The van der Waals surface area contributed by atoms with E-state index in [0.717, 1.165) is 11.3 Å². The van der Waals surface area contributed by atoms with Gasteiger partial charge in [-0.05, 0) is 39.8 Å². The van der Waals surface area contributed by atoms with Gasteiger partial charge in [-0.3, -0.25) is 4.79 Å². The van der Waals surface area contributed by atoms with Gasteiger partial charge >= 0.3 is 5.97 Å². The molecule has 0 atom stereocenters. The Hall–Kier alpha value is -2.04. The Bertz CT molecular complexity index is 459. The van der Waals surface area contributed by atoms with Crippen LogP contribution in [0.15, 0.2) is 29.3 Å². The maximum atomic E-state index is 11.4. The summed E-state index contributed by atoms with van der Waals surface area (Å²) in [4.78, 5) is 15.4. The second-order valence-electron chi connectivity index (χ2n) is 5.28. The van der Waals surface area contributed by atoms with E-state index in [4.69, 9.17) is 10.5 Å². The van der Waals surface area contributed by atoms with Gasteiger partial charge in [-0.15, -0.1) is 0 Å². The van der Waals surface area contributed by atoms with Gasteiger partial charge in [-0.25, -0.2) is 4.99 Å². The van der Waals surface area contributed by atoms with Crippen LogP contribution in [0.5, 0.6) is 0 Å². The number of hydrogen-bond acceptors (Lipinski definition) is 3. The minimum absolute atomic E-state index is 0.0953. The molecule has 1 aromatic carbocycles. The lowest BCUT2D eigenvalue weighted by molar-refractivity contribution is -0.152. The maximum Gasteiger partial charge on any atom is 0.328 e. The molecule has 0 saturated carbocycles. The van der Waals surface area contributed by atoms with Gasteiger partial charge in [-0.2, -0.15) is 0 Å². The molecule has 1 rings (SSSR count). The average Bonchev–Trinajstić information content (AvgIpc) is 2.27. The van der Waals surface area contributed by atoms with Crippen molar-refractivity contribution < 1.29 is 9.53 Å². The molecule has 0 aliphatic heterocycles. The fourth-order valence-electron chi connectivity index (χ4n) is 1.35. The van der Waals surface area contributed by atoms with Crippen LogP contribution in [0.25, 0.3) is 0 Å². The lowest BCUT2D eigenvalue weighted by Gasteiger charge is -2.18. The van der Waals surface area contributed by atoms with E-state index in [-0.39, 0.29) is 12.5 Å². The van der Waals surface area contributed by atoms with E-state index < -0.39 is 11.6 Å². The number of esters is 1. The van der Waals surface area contributed by atoms with Gasteiger partial charge < -0.3 is 15.8 Å². The molecule has 0 spiro atoms. The third kappa shape index (κ3) is 6.45. The number of benzene rings is 1. The van der Waals surface area contributed by atoms with Crippen molar-refractivity contribution in [3.63, 3.8) is 0 Å². The van der Waals surface area contributed by atoms with Crippen LogP contribution in [0.2, 0.25) is 0 Å². The molecule has 5 heteroatoms. The molecule has 1 aromatic rings. The SMILES string of the molecule is Cc1ccc(NC(N)=NCC(=O)OC(C)(C)C)cc1. The quantitative estimate of drug-likeness (QED) is 0.497. The van der Waals surface area contributed by atoms with Crippen molar-refractivity contribution in [1.29, 1.82) is 0 Å². The molecule has 0 unspecified atom stereocenters. The second kappa shape index (κ2) is 6.22. The molecule has 0 heterocycles. The monoisotopic (exact) mass is 263 g/mol. The van der Waals surface area contributed by atoms with Gasteiger partial charge in [0.05, 0.1) is 0 Å². The van der Waals surface area contributed by atoms with Crippen molar-refractivity contribution in [2.45, 2.75) is 33.3 Å². The Morgan fingerprint density at radius 1 is 1.32 bits per heavy atom. The fourth-order valence-corrected chi connectivity index (χ4v) is 1.35. The highest BCUT2D eigenvalue weighted by molar-refractivity contribution is 5.93. The molecule has 5 nitrogen and oxygen atoms in total. The van der Waals surface area contributed by atoms with Crippen LogP contribution in [0.4, 0.5) is 5.69 Å². The highest BCUT2D eigenvalue weighted by atomic mass is 16.6. The van der Waals surface area contributed by atoms with E-state index in [2.05, 4.69) is 10.3 Å². The van der Waals surface area contributed by atoms with Crippen LogP contribution in [-0.2, 0) is 9.53 Å². The molecule has 0 amide bonds. The molecule has 0 fully saturated rings. The predicted octanol–water partition coefficient (Wildman–Crippen LogP) is 2.06. The summed E-state index contributed by atoms with van der Waals surface area (Å²) in [6, 6.07) is 7.71. The Morgan fingerprint density at radius 2 is 1.89 bits per heavy atom. The van der Waals surface area contributed by atoms with E-state index in [0.29, 0.717) is 0 Å². The number of carbonyl (C=O) groups is 1. The number of hydrogen-bond donors (Lipinski definition) is 2. The van der Waals surface area contributed by atoms with Gasteiger partial charge in [0.25, 0.3) is 0 Å². The molecule has 0 aliphatic carbocycles. The minimum atomic E-state index is -0.508. The number of aliphatic imine (C=N–C) groups is 1.